The minimum absolute atomic E-state index is 0.0574. The summed E-state index contributed by atoms with van der Waals surface area (Å²) in [7, 11) is 0. The Hall–Kier alpha value is -1.59. The van der Waals surface area contributed by atoms with Gasteiger partial charge in [0.25, 0.3) is 0 Å². The minimum Gasteiger partial charge on any atom is -0.462 e. The largest absolute Gasteiger partial charge is 0.462 e. The van der Waals surface area contributed by atoms with Gasteiger partial charge in [0, 0.05) is 12.4 Å². The second-order valence-corrected chi connectivity index (χ2v) is 3.17. The van der Waals surface area contributed by atoms with E-state index < -0.39 is 0 Å². The quantitative estimate of drug-likeness (QED) is 0.677. The zero-order valence-electron chi connectivity index (χ0n) is 8.23. The SMILES string of the molecule is OCc1ccc(CNCc2ncc[nH]2)o1. The highest BCUT2D eigenvalue weighted by atomic mass is 16.4. The number of rotatable bonds is 5. The van der Waals surface area contributed by atoms with E-state index in [2.05, 4.69) is 15.3 Å². The summed E-state index contributed by atoms with van der Waals surface area (Å²) < 4.78 is 5.31. The van der Waals surface area contributed by atoms with Crippen molar-refractivity contribution in [3.05, 3.63) is 41.9 Å². The molecule has 2 aromatic heterocycles. The van der Waals surface area contributed by atoms with Crippen molar-refractivity contribution in [1.82, 2.24) is 15.3 Å². The first-order valence-corrected chi connectivity index (χ1v) is 4.76. The van der Waals surface area contributed by atoms with Gasteiger partial charge in [-0.05, 0) is 12.1 Å². The molecule has 0 amide bonds. The van der Waals surface area contributed by atoms with Crippen LogP contribution in [0, 0.1) is 0 Å². The number of nitrogens with zero attached hydrogens (tertiary/aromatic N) is 1. The van der Waals surface area contributed by atoms with Crippen molar-refractivity contribution in [3.63, 3.8) is 0 Å². The third-order valence-electron chi connectivity index (χ3n) is 2.02. The van der Waals surface area contributed by atoms with E-state index >= 15 is 0 Å². The average Bonchev–Trinajstić information content (AvgIpc) is 2.88. The third-order valence-corrected chi connectivity index (χ3v) is 2.02. The number of hydrogen-bond acceptors (Lipinski definition) is 4. The van der Waals surface area contributed by atoms with Crippen molar-refractivity contribution in [3.8, 4) is 0 Å². The van der Waals surface area contributed by atoms with E-state index in [-0.39, 0.29) is 6.61 Å². The summed E-state index contributed by atoms with van der Waals surface area (Å²) in [6, 6.07) is 3.62. The lowest BCUT2D eigenvalue weighted by Crippen LogP contribution is -2.13. The molecule has 0 aliphatic heterocycles. The molecule has 0 aromatic carbocycles. The molecule has 2 heterocycles. The Kier molecular flexibility index (Phi) is 3.16. The van der Waals surface area contributed by atoms with Gasteiger partial charge in [0.1, 0.15) is 24.0 Å². The van der Waals surface area contributed by atoms with Crippen LogP contribution >= 0.6 is 0 Å². The van der Waals surface area contributed by atoms with Crippen LogP contribution in [0.15, 0.2) is 28.9 Å². The van der Waals surface area contributed by atoms with Crippen LogP contribution in [0.25, 0.3) is 0 Å². The van der Waals surface area contributed by atoms with Gasteiger partial charge < -0.3 is 19.8 Å². The molecule has 2 aromatic rings. The predicted octanol–water partition coefficient (Wildman–Crippen LogP) is 0.785. The monoisotopic (exact) mass is 207 g/mol. The molecule has 0 fully saturated rings. The normalized spacial score (nSPS) is 10.7. The second kappa shape index (κ2) is 4.77. The van der Waals surface area contributed by atoms with E-state index in [1.165, 1.54) is 0 Å². The first kappa shape index (κ1) is 9.95. The van der Waals surface area contributed by atoms with Crippen LogP contribution in [0.2, 0.25) is 0 Å². The summed E-state index contributed by atoms with van der Waals surface area (Å²) in [6.45, 7) is 1.24. The van der Waals surface area contributed by atoms with Crippen LogP contribution < -0.4 is 5.32 Å². The first-order valence-electron chi connectivity index (χ1n) is 4.76. The number of imidazole rings is 1. The van der Waals surface area contributed by atoms with Gasteiger partial charge in [0.05, 0.1) is 13.1 Å². The highest BCUT2D eigenvalue weighted by Crippen LogP contribution is 2.07. The van der Waals surface area contributed by atoms with Crippen LogP contribution in [0.1, 0.15) is 17.3 Å². The van der Waals surface area contributed by atoms with E-state index in [1.807, 2.05) is 6.07 Å². The maximum atomic E-state index is 8.80. The van der Waals surface area contributed by atoms with Gasteiger partial charge in [-0.2, -0.15) is 0 Å². The number of aliphatic hydroxyl groups excluding tert-OH is 1. The van der Waals surface area contributed by atoms with Crippen LogP contribution in [0.3, 0.4) is 0 Å². The molecule has 0 atom stereocenters. The number of aliphatic hydroxyl groups is 1. The van der Waals surface area contributed by atoms with Gasteiger partial charge in [-0.1, -0.05) is 0 Å². The number of aromatic amines is 1. The van der Waals surface area contributed by atoms with Crippen molar-refractivity contribution in [2.45, 2.75) is 19.7 Å². The van der Waals surface area contributed by atoms with Gasteiger partial charge in [-0.3, -0.25) is 0 Å². The summed E-state index contributed by atoms with van der Waals surface area (Å²) in [6.07, 6.45) is 3.50. The summed E-state index contributed by atoms with van der Waals surface area (Å²) in [5, 5.41) is 12.0. The summed E-state index contributed by atoms with van der Waals surface area (Å²) in [5.74, 6) is 2.29. The standard InChI is InChI=1S/C10H13N3O2/c14-7-9-2-1-8(15-9)5-11-6-10-12-3-4-13-10/h1-4,11,14H,5-7H2,(H,12,13). The predicted molar refractivity (Wildman–Crippen MR) is 53.8 cm³/mol. The van der Waals surface area contributed by atoms with Crippen LogP contribution in [0.5, 0.6) is 0 Å². The van der Waals surface area contributed by atoms with Crippen molar-refractivity contribution < 1.29 is 9.52 Å². The molecule has 0 radical (unpaired) electrons. The highest BCUT2D eigenvalue weighted by molar-refractivity contribution is 5.06. The molecule has 3 N–H and O–H groups in total. The topological polar surface area (TPSA) is 74.1 Å². The van der Waals surface area contributed by atoms with Gasteiger partial charge in [0.2, 0.25) is 0 Å². The van der Waals surface area contributed by atoms with Crippen molar-refractivity contribution >= 4 is 0 Å². The molecular weight excluding hydrogens is 194 g/mol. The average molecular weight is 207 g/mol. The van der Waals surface area contributed by atoms with Crippen molar-refractivity contribution in [2.75, 3.05) is 0 Å². The number of H-pyrrole nitrogens is 1. The van der Waals surface area contributed by atoms with E-state index in [1.54, 1.807) is 18.5 Å². The molecule has 15 heavy (non-hydrogen) atoms. The van der Waals surface area contributed by atoms with E-state index in [0.29, 0.717) is 18.8 Å². The van der Waals surface area contributed by atoms with Gasteiger partial charge in [-0.15, -0.1) is 0 Å². The lowest BCUT2D eigenvalue weighted by molar-refractivity contribution is 0.242. The Morgan fingerprint density at radius 2 is 2.20 bits per heavy atom. The first-order chi connectivity index (χ1) is 7.38. The highest BCUT2D eigenvalue weighted by Gasteiger charge is 2.00. The van der Waals surface area contributed by atoms with E-state index in [9.17, 15) is 0 Å². The molecule has 80 valence electrons. The Labute approximate surface area is 87.2 Å². The van der Waals surface area contributed by atoms with E-state index in [4.69, 9.17) is 9.52 Å². The molecule has 0 bridgehead atoms. The Balaban J connectivity index is 1.78. The number of furan rings is 1. The second-order valence-electron chi connectivity index (χ2n) is 3.17. The zero-order chi connectivity index (χ0) is 10.5. The molecule has 0 aliphatic carbocycles. The number of aromatic nitrogens is 2. The molecule has 2 rings (SSSR count). The smallest absolute Gasteiger partial charge is 0.129 e. The number of hydrogen-bond donors (Lipinski definition) is 3. The third kappa shape index (κ3) is 2.68. The lowest BCUT2D eigenvalue weighted by Gasteiger charge is -1.99. The molecule has 0 unspecified atom stereocenters. The molecular formula is C10H13N3O2. The van der Waals surface area contributed by atoms with Crippen LogP contribution in [-0.4, -0.2) is 15.1 Å². The molecule has 0 saturated heterocycles. The fourth-order valence-corrected chi connectivity index (χ4v) is 1.30. The molecule has 0 spiro atoms. The van der Waals surface area contributed by atoms with Crippen molar-refractivity contribution in [2.24, 2.45) is 0 Å². The number of nitrogens with one attached hydrogen (secondary N) is 2. The minimum atomic E-state index is -0.0574. The Morgan fingerprint density at radius 3 is 2.87 bits per heavy atom. The molecule has 0 aliphatic rings. The molecule has 5 nitrogen and oxygen atoms in total. The maximum absolute atomic E-state index is 8.80. The maximum Gasteiger partial charge on any atom is 0.129 e. The van der Waals surface area contributed by atoms with E-state index in [0.717, 1.165) is 11.6 Å². The van der Waals surface area contributed by atoms with Gasteiger partial charge in [0.15, 0.2) is 0 Å². The molecule has 0 saturated carbocycles. The fourth-order valence-electron chi connectivity index (χ4n) is 1.30. The van der Waals surface area contributed by atoms with Crippen molar-refractivity contribution in [1.29, 1.82) is 0 Å². The zero-order valence-corrected chi connectivity index (χ0v) is 8.23. The molecule has 5 heteroatoms. The summed E-state index contributed by atoms with van der Waals surface area (Å²) >= 11 is 0. The fraction of sp³-hybridized carbons (Fsp3) is 0.300. The van der Waals surface area contributed by atoms with Gasteiger partial charge in [-0.25, -0.2) is 4.98 Å². The van der Waals surface area contributed by atoms with Gasteiger partial charge >= 0.3 is 0 Å². The summed E-state index contributed by atoms with van der Waals surface area (Å²) in [5.41, 5.74) is 0. The van der Waals surface area contributed by atoms with Crippen LogP contribution in [0.4, 0.5) is 0 Å². The Bertz CT molecular complexity index is 394. The Morgan fingerprint density at radius 1 is 1.33 bits per heavy atom. The summed E-state index contributed by atoms with van der Waals surface area (Å²) in [4.78, 5) is 7.08. The lowest BCUT2D eigenvalue weighted by atomic mass is 10.4. The van der Waals surface area contributed by atoms with Crippen LogP contribution in [-0.2, 0) is 19.7 Å².